The fourth-order valence-electron chi connectivity index (χ4n) is 2.70. The van der Waals surface area contributed by atoms with Crippen LogP contribution in [0.3, 0.4) is 0 Å². The average molecular weight is 307 g/mol. The van der Waals surface area contributed by atoms with Gasteiger partial charge < -0.3 is 10.6 Å². The first-order valence-corrected chi connectivity index (χ1v) is 8.60. The summed E-state index contributed by atoms with van der Waals surface area (Å²) in [6, 6.07) is 6.48. The Kier molecular flexibility index (Phi) is 7.16. The Balaban J connectivity index is 2.88. The molecule has 1 atom stereocenters. The van der Waals surface area contributed by atoms with E-state index in [0.29, 0.717) is 0 Å². The molecule has 3 heteroatoms. The van der Waals surface area contributed by atoms with Crippen molar-refractivity contribution in [3.05, 3.63) is 29.3 Å². The Bertz CT molecular complexity index is 448. The van der Waals surface area contributed by atoms with Crippen LogP contribution in [-0.2, 0) is 12.8 Å². The van der Waals surface area contributed by atoms with Gasteiger partial charge in [-0.2, -0.15) is 0 Å². The van der Waals surface area contributed by atoms with E-state index in [-0.39, 0.29) is 5.54 Å². The zero-order chi connectivity index (χ0) is 15.9. The number of para-hydroxylation sites is 1. The normalized spacial score (nSPS) is 13.6. The molecule has 0 aliphatic rings. The van der Waals surface area contributed by atoms with Gasteiger partial charge in [0.2, 0.25) is 0 Å². The van der Waals surface area contributed by atoms with Crippen molar-refractivity contribution in [1.29, 1.82) is 0 Å². The number of hydrogen-bond acceptors (Lipinski definition) is 1. The van der Waals surface area contributed by atoms with Crippen LogP contribution in [0.1, 0.15) is 65.0 Å². The Morgan fingerprint density at radius 1 is 1.10 bits per heavy atom. The summed E-state index contributed by atoms with van der Waals surface area (Å²) in [6.45, 7) is 11.0. The first-order valence-electron chi connectivity index (χ1n) is 8.19. The number of thiocarbonyl (C=S) groups is 1. The van der Waals surface area contributed by atoms with Gasteiger partial charge >= 0.3 is 0 Å². The van der Waals surface area contributed by atoms with E-state index in [9.17, 15) is 0 Å². The van der Waals surface area contributed by atoms with Crippen molar-refractivity contribution in [1.82, 2.24) is 5.32 Å². The van der Waals surface area contributed by atoms with E-state index in [1.165, 1.54) is 16.8 Å². The summed E-state index contributed by atoms with van der Waals surface area (Å²) in [5.41, 5.74) is 3.92. The molecule has 2 nitrogen and oxygen atoms in total. The van der Waals surface area contributed by atoms with E-state index in [0.717, 1.165) is 37.2 Å². The number of anilines is 1. The molecule has 0 saturated carbocycles. The predicted octanol–water partition coefficient (Wildman–Crippen LogP) is 5.07. The molecular weight excluding hydrogens is 276 g/mol. The lowest BCUT2D eigenvalue weighted by molar-refractivity contribution is 0.371. The van der Waals surface area contributed by atoms with Gasteiger partial charge in [0, 0.05) is 11.2 Å². The summed E-state index contributed by atoms with van der Waals surface area (Å²) in [6.07, 6.45) is 5.38. The number of benzene rings is 1. The zero-order valence-electron chi connectivity index (χ0n) is 14.2. The van der Waals surface area contributed by atoms with Gasteiger partial charge in [-0.3, -0.25) is 0 Å². The van der Waals surface area contributed by atoms with Crippen molar-refractivity contribution in [2.24, 2.45) is 0 Å². The summed E-state index contributed by atoms with van der Waals surface area (Å²) in [5, 5.41) is 7.70. The zero-order valence-corrected chi connectivity index (χ0v) is 15.0. The van der Waals surface area contributed by atoms with Crippen LogP contribution in [0.2, 0.25) is 0 Å². The third kappa shape index (κ3) is 4.99. The molecule has 1 unspecified atom stereocenters. The van der Waals surface area contributed by atoms with Crippen molar-refractivity contribution < 1.29 is 0 Å². The summed E-state index contributed by atoms with van der Waals surface area (Å²) in [5.74, 6) is 0. The monoisotopic (exact) mass is 306 g/mol. The maximum Gasteiger partial charge on any atom is 0.171 e. The molecule has 118 valence electrons. The van der Waals surface area contributed by atoms with Crippen LogP contribution in [-0.4, -0.2) is 10.7 Å². The fourth-order valence-corrected chi connectivity index (χ4v) is 3.05. The molecule has 1 rings (SSSR count). The molecule has 0 heterocycles. The maximum absolute atomic E-state index is 5.56. The molecule has 21 heavy (non-hydrogen) atoms. The summed E-state index contributed by atoms with van der Waals surface area (Å²) < 4.78 is 0. The lowest BCUT2D eigenvalue weighted by Gasteiger charge is -2.31. The van der Waals surface area contributed by atoms with Crippen molar-refractivity contribution in [3.63, 3.8) is 0 Å². The topological polar surface area (TPSA) is 24.1 Å². The number of hydrogen-bond donors (Lipinski definition) is 2. The van der Waals surface area contributed by atoms with Crippen LogP contribution in [0.15, 0.2) is 18.2 Å². The average Bonchev–Trinajstić information content (AvgIpc) is 2.47. The second-order valence-corrected chi connectivity index (χ2v) is 6.31. The largest absolute Gasteiger partial charge is 0.357 e. The summed E-state index contributed by atoms with van der Waals surface area (Å²) >= 11 is 5.56. The minimum absolute atomic E-state index is 0.0758. The summed E-state index contributed by atoms with van der Waals surface area (Å²) in [4.78, 5) is 0. The minimum atomic E-state index is 0.0758. The van der Waals surface area contributed by atoms with Gasteiger partial charge in [0.15, 0.2) is 5.11 Å². The first kappa shape index (κ1) is 18.0. The molecule has 0 aliphatic carbocycles. The quantitative estimate of drug-likeness (QED) is 0.688. The molecule has 2 N–H and O–H groups in total. The highest BCUT2D eigenvalue weighted by atomic mass is 32.1. The smallest absolute Gasteiger partial charge is 0.171 e. The van der Waals surface area contributed by atoms with Crippen LogP contribution in [0.4, 0.5) is 5.69 Å². The third-order valence-corrected chi connectivity index (χ3v) is 4.44. The Hall–Kier alpha value is -1.09. The lowest BCUT2D eigenvalue weighted by Crippen LogP contribution is -2.47. The van der Waals surface area contributed by atoms with E-state index < -0.39 is 0 Å². The van der Waals surface area contributed by atoms with E-state index in [4.69, 9.17) is 12.2 Å². The Morgan fingerprint density at radius 2 is 1.67 bits per heavy atom. The highest BCUT2D eigenvalue weighted by Crippen LogP contribution is 2.23. The van der Waals surface area contributed by atoms with Gasteiger partial charge in [-0.25, -0.2) is 0 Å². The molecule has 0 aromatic heterocycles. The van der Waals surface area contributed by atoms with Gasteiger partial charge in [0.25, 0.3) is 0 Å². The molecule has 0 amide bonds. The first-order chi connectivity index (χ1) is 9.99. The highest BCUT2D eigenvalue weighted by molar-refractivity contribution is 7.80. The SMILES string of the molecule is CCCC(C)(CC)NC(=S)Nc1c(CC)cccc1CC. The number of rotatable bonds is 7. The van der Waals surface area contributed by atoms with Crippen molar-refractivity contribution in [2.75, 3.05) is 5.32 Å². The highest BCUT2D eigenvalue weighted by Gasteiger charge is 2.22. The lowest BCUT2D eigenvalue weighted by atomic mass is 9.93. The van der Waals surface area contributed by atoms with Gasteiger partial charge in [-0.15, -0.1) is 0 Å². The van der Waals surface area contributed by atoms with E-state index >= 15 is 0 Å². The van der Waals surface area contributed by atoms with Gasteiger partial charge in [0.05, 0.1) is 0 Å². The molecule has 0 aliphatic heterocycles. The molecule has 1 aromatic rings. The Morgan fingerprint density at radius 3 is 2.10 bits per heavy atom. The standard InChI is InChI=1S/C18H30N2S/c1-6-13-18(5,9-4)20-17(21)19-16-14(7-2)11-10-12-15(16)8-3/h10-12H,6-9,13H2,1-5H3,(H2,19,20,21). The number of nitrogens with one attached hydrogen (secondary N) is 2. The second-order valence-electron chi connectivity index (χ2n) is 5.90. The van der Waals surface area contributed by atoms with Crippen LogP contribution < -0.4 is 10.6 Å². The van der Waals surface area contributed by atoms with Crippen LogP contribution in [0.5, 0.6) is 0 Å². The molecule has 1 aromatic carbocycles. The second kappa shape index (κ2) is 8.38. The minimum Gasteiger partial charge on any atom is -0.357 e. The third-order valence-electron chi connectivity index (χ3n) is 4.23. The molecule has 0 radical (unpaired) electrons. The van der Waals surface area contributed by atoms with Crippen molar-refractivity contribution in [3.8, 4) is 0 Å². The summed E-state index contributed by atoms with van der Waals surface area (Å²) in [7, 11) is 0. The van der Waals surface area contributed by atoms with Crippen molar-refractivity contribution >= 4 is 23.0 Å². The van der Waals surface area contributed by atoms with Gasteiger partial charge in [0.1, 0.15) is 0 Å². The van der Waals surface area contributed by atoms with Crippen LogP contribution in [0, 0.1) is 0 Å². The Labute approximate surface area is 135 Å². The van der Waals surface area contributed by atoms with Gasteiger partial charge in [-0.05, 0) is 56.0 Å². The van der Waals surface area contributed by atoms with E-state index in [1.54, 1.807) is 0 Å². The predicted molar refractivity (Wildman–Crippen MR) is 98.2 cm³/mol. The number of aryl methyl sites for hydroxylation is 2. The van der Waals surface area contributed by atoms with E-state index in [1.807, 2.05) is 0 Å². The molecule has 0 fully saturated rings. The molecule has 0 bridgehead atoms. The van der Waals surface area contributed by atoms with Crippen LogP contribution in [0.25, 0.3) is 0 Å². The maximum atomic E-state index is 5.56. The van der Waals surface area contributed by atoms with Crippen LogP contribution >= 0.6 is 12.2 Å². The van der Waals surface area contributed by atoms with E-state index in [2.05, 4.69) is 63.5 Å². The molecule has 0 saturated heterocycles. The molecule has 0 spiro atoms. The fraction of sp³-hybridized carbons (Fsp3) is 0.611. The van der Waals surface area contributed by atoms with Gasteiger partial charge in [-0.1, -0.05) is 52.3 Å². The van der Waals surface area contributed by atoms with Crippen molar-refractivity contribution in [2.45, 2.75) is 72.3 Å². The molecular formula is C18H30N2S.